The van der Waals surface area contributed by atoms with Gasteiger partial charge in [0.05, 0.1) is 0 Å². The summed E-state index contributed by atoms with van der Waals surface area (Å²) in [5, 5.41) is 6.23. The molecule has 0 aromatic carbocycles. The lowest BCUT2D eigenvalue weighted by molar-refractivity contribution is -0.123. The first kappa shape index (κ1) is 28.8. The second-order valence-electron chi connectivity index (χ2n) is 11.0. The predicted molar refractivity (Wildman–Crippen MR) is 126 cm³/mol. The van der Waals surface area contributed by atoms with E-state index in [2.05, 4.69) is 31.4 Å². The van der Waals surface area contributed by atoms with E-state index >= 15 is 0 Å². The Morgan fingerprint density at radius 3 is 1.67 bits per heavy atom. The molecule has 0 radical (unpaired) electrons. The van der Waals surface area contributed by atoms with Crippen molar-refractivity contribution in [3.05, 3.63) is 0 Å². The van der Waals surface area contributed by atoms with Gasteiger partial charge in [-0.25, -0.2) is 0 Å². The molecule has 0 aromatic rings. The normalized spacial score (nSPS) is 16.7. The summed E-state index contributed by atoms with van der Waals surface area (Å²) >= 11 is 0. The maximum absolute atomic E-state index is 12.5. The minimum Gasteiger partial charge on any atom is -0.351 e. The number of hydrogen-bond acceptors (Lipinski definition) is 5. The summed E-state index contributed by atoms with van der Waals surface area (Å²) in [7, 11) is 1.93. The van der Waals surface area contributed by atoms with Gasteiger partial charge in [0, 0.05) is 48.1 Å². The highest BCUT2D eigenvalue weighted by Gasteiger charge is 2.32. The van der Waals surface area contributed by atoms with Gasteiger partial charge in [-0.05, 0) is 74.3 Å². The van der Waals surface area contributed by atoms with E-state index in [0.717, 1.165) is 19.3 Å². The van der Waals surface area contributed by atoms with E-state index in [4.69, 9.17) is 11.5 Å². The Hall–Kier alpha value is -1.18. The Bertz CT molecular complexity index is 554. The maximum atomic E-state index is 12.5. The van der Waals surface area contributed by atoms with Gasteiger partial charge in [-0.15, -0.1) is 0 Å². The molecule has 6 N–H and O–H groups in total. The number of nitrogens with two attached hydrogens (primary N) is 2. The molecule has 0 fully saturated rings. The molecule has 0 aliphatic carbocycles. The van der Waals surface area contributed by atoms with Crippen molar-refractivity contribution in [2.24, 2.45) is 11.5 Å². The van der Waals surface area contributed by atoms with Crippen LogP contribution in [0.4, 0.5) is 0 Å². The van der Waals surface area contributed by atoms with Crippen LogP contribution in [0.2, 0.25) is 0 Å². The van der Waals surface area contributed by atoms with Crippen LogP contribution in [0.5, 0.6) is 0 Å². The molecular weight excluding hydrogens is 378 g/mol. The van der Waals surface area contributed by atoms with E-state index < -0.39 is 0 Å². The highest BCUT2D eigenvalue weighted by molar-refractivity contribution is 5.77. The fourth-order valence-corrected chi connectivity index (χ4v) is 3.99. The molecule has 30 heavy (non-hydrogen) atoms. The molecular formula is C23H49N5O2. The second kappa shape index (κ2) is 11.4. The molecule has 0 rings (SSSR count). The van der Waals surface area contributed by atoms with Crippen molar-refractivity contribution < 1.29 is 9.59 Å². The fraction of sp³-hybridized carbons (Fsp3) is 0.913. The Kier molecular flexibility index (Phi) is 11.0. The van der Waals surface area contributed by atoms with Crippen molar-refractivity contribution in [1.82, 2.24) is 15.5 Å². The number of carbonyl (C=O) groups is 2. The molecule has 2 atom stereocenters. The van der Waals surface area contributed by atoms with Gasteiger partial charge in [0.25, 0.3) is 0 Å². The van der Waals surface area contributed by atoms with E-state index in [1.807, 2.05) is 46.6 Å². The fourth-order valence-electron chi connectivity index (χ4n) is 3.99. The lowest BCUT2D eigenvalue weighted by atomic mass is 9.81. The first-order valence-corrected chi connectivity index (χ1v) is 11.3. The van der Waals surface area contributed by atoms with Crippen molar-refractivity contribution in [1.29, 1.82) is 0 Å². The number of nitrogens with one attached hydrogen (secondary N) is 2. The van der Waals surface area contributed by atoms with Crippen molar-refractivity contribution >= 4 is 11.8 Å². The lowest BCUT2D eigenvalue weighted by Gasteiger charge is -2.37. The molecule has 7 nitrogen and oxygen atoms in total. The molecule has 0 bridgehead atoms. The first-order valence-electron chi connectivity index (χ1n) is 11.3. The summed E-state index contributed by atoms with van der Waals surface area (Å²) in [6, 6.07) is 0. The number of hydrogen-bond donors (Lipinski definition) is 4. The summed E-state index contributed by atoms with van der Waals surface area (Å²) in [6.45, 7) is 17.3. The van der Waals surface area contributed by atoms with Crippen molar-refractivity contribution in [2.75, 3.05) is 20.1 Å². The summed E-state index contributed by atoms with van der Waals surface area (Å²) in [5.74, 6) is 0.0229. The second-order valence-corrected chi connectivity index (χ2v) is 11.0. The third kappa shape index (κ3) is 13.2. The predicted octanol–water partition coefficient (Wildman–Crippen LogP) is 2.52. The van der Waals surface area contributed by atoms with Crippen molar-refractivity contribution in [2.45, 2.75) is 116 Å². The summed E-state index contributed by atoms with van der Waals surface area (Å²) < 4.78 is 0. The average molecular weight is 428 g/mol. The molecule has 0 saturated heterocycles. The lowest BCUT2D eigenvalue weighted by Crippen LogP contribution is -2.53. The molecule has 0 aliphatic heterocycles. The van der Waals surface area contributed by atoms with Crippen LogP contribution in [0.1, 0.15) is 93.9 Å². The summed E-state index contributed by atoms with van der Waals surface area (Å²) in [4.78, 5) is 26.8. The zero-order chi connectivity index (χ0) is 23.8. The standard InChI is InChI=1S/C23H49N5O2/c1-10-22(7,25)17-23(8,11-2)27-19(30)13-15-28(9)14-12-18(29)26-21(5,6)16-20(3,4)24/h10-17,24-25H2,1-9H3,(H,26,29)(H,27,30). The molecule has 178 valence electrons. The zero-order valence-electron chi connectivity index (χ0n) is 21.1. The average Bonchev–Trinajstić information content (AvgIpc) is 2.55. The quantitative estimate of drug-likeness (QED) is 0.340. The monoisotopic (exact) mass is 427 g/mol. The van der Waals surface area contributed by atoms with Gasteiger partial charge in [-0.1, -0.05) is 13.8 Å². The highest BCUT2D eigenvalue weighted by Crippen LogP contribution is 2.24. The van der Waals surface area contributed by atoms with E-state index in [-0.39, 0.29) is 34.0 Å². The smallest absolute Gasteiger partial charge is 0.221 e. The highest BCUT2D eigenvalue weighted by atomic mass is 16.2. The van der Waals surface area contributed by atoms with E-state index in [1.54, 1.807) is 0 Å². The Morgan fingerprint density at radius 2 is 1.27 bits per heavy atom. The van der Waals surface area contributed by atoms with E-state index in [1.165, 1.54) is 0 Å². The molecule has 2 unspecified atom stereocenters. The van der Waals surface area contributed by atoms with Gasteiger partial charge in [0.1, 0.15) is 0 Å². The van der Waals surface area contributed by atoms with Crippen molar-refractivity contribution in [3.63, 3.8) is 0 Å². The third-order valence-electron chi connectivity index (χ3n) is 5.64. The number of amides is 2. The summed E-state index contributed by atoms with van der Waals surface area (Å²) in [6.07, 6.45) is 3.91. The summed E-state index contributed by atoms with van der Waals surface area (Å²) in [5.41, 5.74) is 11.1. The van der Waals surface area contributed by atoms with Crippen LogP contribution < -0.4 is 22.1 Å². The van der Waals surface area contributed by atoms with Crippen LogP contribution in [-0.4, -0.2) is 59.0 Å². The van der Waals surface area contributed by atoms with Crippen LogP contribution in [0, 0.1) is 0 Å². The zero-order valence-corrected chi connectivity index (χ0v) is 21.1. The minimum absolute atomic E-state index is 0.000840. The Balaban J connectivity index is 4.42. The molecule has 2 amide bonds. The van der Waals surface area contributed by atoms with Gasteiger partial charge in [-0.2, -0.15) is 0 Å². The third-order valence-corrected chi connectivity index (χ3v) is 5.64. The molecule has 0 heterocycles. The first-order chi connectivity index (χ1) is 13.4. The van der Waals surface area contributed by atoms with E-state index in [9.17, 15) is 9.59 Å². The topological polar surface area (TPSA) is 113 Å². The maximum Gasteiger partial charge on any atom is 0.221 e. The van der Waals surface area contributed by atoms with Gasteiger partial charge >= 0.3 is 0 Å². The van der Waals surface area contributed by atoms with Gasteiger partial charge in [0.2, 0.25) is 11.8 Å². The van der Waals surface area contributed by atoms with Crippen LogP contribution in [-0.2, 0) is 9.59 Å². The van der Waals surface area contributed by atoms with Crippen LogP contribution in [0.3, 0.4) is 0 Å². The Labute approximate surface area is 185 Å². The molecule has 0 aromatic heterocycles. The molecule has 7 heteroatoms. The van der Waals surface area contributed by atoms with Gasteiger partial charge in [0.15, 0.2) is 0 Å². The van der Waals surface area contributed by atoms with Crippen molar-refractivity contribution in [3.8, 4) is 0 Å². The van der Waals surface area contributed by atoms with Gasteiger partial charge < -0.3 is 27.0 Å². The van der Waals surface area contributed by atoms with Crippen LogP contribution in [0.25, 0.3) is 0 Å². The molecule has 0 saturated carbocycles. The number of nitrogens with zero attached hydrogens (tertiary/aromatic N) is 1. The van der Waals surface area contributed by atoms with Gasteiger partial charge in [-0.3, -0.25) is 9.59 Å². The Morgan fingerprint density at radius 1 is 0.800 bits per heavy atom. The van der Waals surface area contributed by atoms with Crippen LogP contribution >= 0.6 is 0 Å². The van der Waals surface area contributed by atoms with Crippen LogP contribution in [0.15, 0.2) is 0 Å². The molecule has 0 spiro atoms. The van der Waals surface area contributed by atoms with E-state index in [0.29, 0.717) is 32.4 Å². The SMILES string of the molecule is CCC(C)(N)CC(C)(CC)NC(=O)CCN(C)CCC(=O)NC(C)(C)CC(C)(C)N. The molecule has 0 aliphatic rings. The largest absolute Gasteiger partial charge is 0.351 e. The number of carbonyl (C=O) groups excluding carboxylic acids is 2. The number of rotatable bonds is 14. The minimum atomic E-state index is -0.353.